The summed E-state index contributed by atoms with van der Waals surface area (Å²) in [6.45, 7) is 4.00. The van der Waals surface area contributed by atoms with Crippen molar-refractivity contribution in [3.63, 3.8) is 0 Å². The van der Waals surface area contributed by atoms with E-state index >= 15 is 0 Å². The molecule has 0 saturated carbocycles. The SMILES string of the molecule is CC.I.c1ccc(-c2cccc(Sc3cccc(-c4ccccc4)c3)c2)cc1. The Hall–Kier alpha value is -2.04. The fraction of sp³-hybridized carbons (Fsp3) is 0.0769. The van der Waals surface area contributed by atoms with E-state index in [9.17, 15) is 0 Å². The van der Waals surface area contributed by atoms with Crippen molar-refractivity contribution in [1.82, 2.24) is 0 Å². The first-order valence-corrected chi connectivity index (χ1v) is 10.2. The van der Waals surface area contributed by atoms with Crippen LogP contribution in [-0.4, -0.2) is 0 Å². The summed E-state index contributed by atoms with van der Waals surface area (Å²) in [6.07, 6.45) is 0. The van der Waals surface area contributed by atoms with Crippen molar-refractivity contribution in [1.29, 1.82) is 0 Å². The summed E-state index contributed by atoms with van der Waals surface area (Å²) in [4.78, 5) is 2.51. The maximum atomic E-state index is 2.26. The topological polar surface area (TPSA) is 0 Å². The van der Waals surface area contributed by atoms with E-state index in [2.05, 4.69) is 109 Å². The molecular weight excluding hydrogens is 471 g/mol. The summed E-state index contributed by atoms with van der Waals surface area (Å²) in [7, 11) is 0. The van der Waals surface area contributed by atoms with Crippen LogP contribution in [0.5, 0.6) is 0 Å². The fourth-order valence-electron chi connectivity index (χ4n) is 2.88. The molecule has 2 heteroatoms. The lowest BCUT2D eigenvalue weighted by molar-refractivity contribution is 1.40. The van der Waals surface area contributed by atoms with Crippen LogP contribution < -0.4 is 0 Å². The third-order valence-electron chi connectivity index (χ3n) is 4.12. The van der Waals surface area contributed by atoms with Gasteiger partial charge in [0.05, 0.1) is 0 Å². The van der Waals surface area contributed by atoms with Crippen LogP contribution in [0, 0.1) is 0 Å². The molecule has 0 nitrogen and oxygen atoms in total. The molecule has 28 heavy (non-hydrogen) atoms. The molecule has 4 rings (SSSR count). The van der Waals surface area contributed by atoms with Gasteiger partial charge in [-0.25, -0.2) is 0 Å². The normalized spacial score (nSPS) is 9.64. The van der Waals surface area contributed by atoms with E-state index in [1.54, 1.807) is 11.8 Å². The quantitative estimate of drug-likeness (QED) is 0.255. The fourth-order valence-corrected chi connectivity index (χ4v) is 3.81. The molecule has 0 aliphatic carbocycles. The van der Waals surface area contributed by atoms with Crippen LogP contribution in [0.25, 0.3) is 22.3 Å². The van der Waals surface area contributed by atoms with Gasteiger partial charge in [-0.3, -0.25) is 0 Å². The van der Waals surface area contributed by atoms with Crippen molar-refractivity contribution >= 4 is 35.7 Å². The lowest BCUT2D eigenvalue weighted by Gasteiger charge is -2.07. The smallest absolute Gasteiger partial charge is 0.0128 e. The standard InChI is InChI=1S/C24H18S.C2H6.HI/c1-3-9-19(10-4-1)21-13-7-15-23(17-21)25-24-16-8-14-22(18-24)20-11-5-2-6-12-20;1-2;/h1-18H;1-2H3;1H. The molecule has 0 amide bonds. The van der Waals surface area contributed by atoms with Crippen LogP contribution in [-0.2, 0) is 0 Å². The average molecular weight is 496 g/mol. The summed E-state index contributed by atoms with van der Waals surface area (Å²) >= 11 is 1.81. The van der Waals surface area contributed by atoms with E-state index in [1.165, 1.54) is 32.0 Å². The summed E-state index contributed by atoms with van der Waals surface area (Å²) in [5, 5.41) is 0. The van der Waals surface area contributed by atoms with Crippen molar-refractivity contribution in [3.05, 3.63) is 109 Å². The Bertz CT molecular complexity index is 885. The Morgan fingerprint density at radius 1 is 0.429 bits per heavy atom. The van der Waals surface area contributed by atoms with E-state index in [1.807, 2.05) is 13.8 Å². The van der Waals surface area contributed by atoms with Gasteiger partial charge in [-0.1, -0.05) is 111 Å². The minimum Gasteiger partial charge on any atom is -0.107 e. The molecule has 0 atom stereocenters. The summed E-state index contributed by atoms with van der Waals surface area (Å²) in [5.74, 6) is 0. The number of benzene rings is 4. The zero-order chi connectivity index (χ0) is 18.9. The van der Waals surface area contributed by atoms with Crippen molar-refractivity contribution in [2.75, 3.05) is 0 Å². The summed E-state index contributed by atoms with van der Waals surface area (Å²) < 4.78 is 0. The lowest BCUT2D eigenvalue weighted by Crippen LogP contribution is -1.81. The minimum absolute atomic E-state index is 0. The molecule has 142 valence electrons. The van der Waals surface area contributed by atoms with Gasteiger partial charge in [0, 0.05) is 9.79 Å². The Balaban J connectivity index is 0.000000906. The van der Waals surface area contributed by atoms with Crippen molar-refractivity contribution < 1.29 is 0 Å². The number of hydrogen-bond acceptors (Lipinski definition) is 1. The monoisotopic (exact) mass is 496 g/mol. The average Bonchev–Trinajstić information content (AvgIpc) is 2.77. The zero-order valence-electron chi connectivity index (χ0n) is 16.2. The third kappa shape index (κ3) is 5.98. The summed E-state index contributed by atoms with van der Waals surface area (Å²) in [6, 6.07) is 38.5. The first-order chi connectivity index (χ1) is 13.4. The highest BCUT2D eigenvalue weighted by Crippen LogP contribution is 2.33. The first-order valence-electron chi connectivity index (χ1n) is 9.37. The number of hydrogen-bond donors (Lipinski definition) is 0. The van der Waals surface area contributed by atoms with Gasteiger partial charge in [0.25, 0.3) is 0 Å². The Morgan fingerprint density at radius 2 is 0.786 bits per heavy atom. The molecule has 4 aromatic rings. The van der Waals surface area contributed by atoms with Gasteiger partial charge in [-0.2, -0.15) is 0 Å². The predicted molar refractivity (Wildman–Crippen MR) is 135 cm³/mol. The van der Waals surface area contributed by atoms with E-state index in [0.717, 1.165) is 0 Å². The van der Waals surface area contributed by atoms with Gasteiger partial charge in [-0.15, -0.1) is 24.0 Å². The molecule has 4 aromatic carbocycles. The summed E-state index contributed by atoms with van der Waals surface area (Å²) in [5.41, 5.74) is 5.01. The third-order valence-corrected chi connectivity index (χ3v) is 5.10. The molecule has 0 spiro atoms. The van der Waals surface area contributed by atoms with Gasteiger partial charge in [0.15, 0.2) is 0 Å². The second-order valence-corrected chi connectivity index (χ2v) is 7.04. The van der Waals surface area contributed by atoms with Crippen LogP contribution >= 0.6 is 35.7 Å². The molecule has 0 N–H and O–H groups in total. The minimum atomic E-state index is 0. The molecule has 0 aliphatic rings. The van der Waals surface area contributed by atoms with Gasteiger partial charge in [0.1, 0.15) is 0 Å². The van der Waals surface area contributed by atoms with Gasteiger partial charge >= 0.3 is 0 Å². The molecule has 0 unspecified atom stereocenters. The highest BCUT2D eigenvalue weighted by molar-refractivity contribution is 14.0. The Kier molecular flexibility index (Phi) is 9.32. The van der Waals surface area contributed by atoms with E-state index in [-0.39, 0.29) is 24.0 Å². The van der Waals surface area contributed by atoms with Crippen LogP contribution in [0.3, 0.4) is 0 Å². The highest BCUT2D eigenvalue weighted by Gasteiger charge is 2.03. The molecule has 0 aromatic heterocycles. The largest absolute Gasteiger partial charge is 0.107 e. The van der Waals surface area contributed by atoms with Crippen LogP contribution in [0.4, 0.5) is 0 Å². The predicted octanol–water partition coefficient (Wildman–Crippen LogP) is 8.82. The van der Waals surface area contributed by atoms with Gasteiger partial charge < -0.3 is 0 Å². The number of halogens is 1. The Labute approximate surface area is 190 Å². The van der Waals surface area contributed by atoms with E-state index < -0.39 is 0 Å². The molecule has 0 bridgehead atoms. The highest BCUT2D eigenvalue weighted by atomic mass is 127. The number of rotatable bonds is 4. The lowest BCUT2D eigenvalue weighted by atomic mass is 10.1. The zero-order valence-corrected chi connectivity index (χ0v) is 19.4. The second-order valence-electron chi connectivity index (χ2n) is 5.89. The van der Waals surface area contributed by atoms with Crippen molar-refractivity contribution in [2.45, 2.75) is 23.6 Å². The maximum Gasteiger partial charge on any atom is 0.0128 e. The van der Waals surface area contributed by atoms with E-state index in [4.69, 9.17) is 0 Å². The molecule has 0 heterocycles. The maximum absolute atomic E-state index is 2.26. The van der Waals surface area contributed by atoms with Crippen LogP contribution in [0.1, 0.15) is 13.8 Å². The molecule has 0 fully saturated rings. The molecule has 0 saturated heterocycles. The van der Waals surface area contributed by atoms with Crippen LogP contribution in [0.15, 0.2) is 119 Å². The second kappa shape index (κ2) is 11.7. The molecule has 0 radical (unpaired) electrons. The van der Waals surface area contributed by atoms with Gasteiger partial charge in [-0.05, 0) is 46.5 Å². The van der Waals surface area contributed by atoms with E-state index in [0.29, 0.717) is 0 Å². The molecule has 0 aliphatic heterocycles. The molecular formula is C26H25IS. The Morgan fingerprint density at radius 3 is 1.18 bits per heavy atom. The first kappa shape index (κ1) is 22.3. The van der Waals surface area contributed by atoms with Crippen LogP contribution in [0.2, 0.25) is 0 Å². The van der Waals surface area contributed by atoms with Gasteiger partial charge in [0.2, 0.25) is 0 Å². The van der Waals surface area contributed by atoms with Crippen molar-refractivity contribution in [3.8, 4) is 22.3 Å². The van der Waals surface area contributed by atoms with Crippen molar-refractivity contribution in [2.24, 2.45) is 0 Å².